The molecule has 2 saturated heterocycles. The van der Waals surface area contributed by atoms with Crippen molar-refractivity contribution in [3.05, 3.63) is 45.8 Å². The van der Waals surface area contributed by atoms with Crippen molar-refractivity contribution in [1.29, 1.82) is 0 Å². The summed E-state index contributed by atoms with van der Waals surface area (Å²) in [6.07, 6.45) is 12.8. The fourth-order valence-electron chi connectivity index (χ4n) is 8.04. The fourth-order valence-corrected chi connectivity index (χ4v) is 8.04. The summed E-state index contributed by atoms with van der Waals surface area (Å²) in [5.41, 5.74) is -1.77. The van der Waals surface area contributed by atoms with E-state index in [-0.39, 0.29) is 37.4 Å². The average molecular weight is 745 g/mol. The Balaban J connectivity index is 1.47. The molecule has 1 aliphatic carbocycles. The molecule has 3 heterocycles. The average Bonchev–Trinajstić information content (AvgIpc) is 3.96. The first-order chi connectivity index (χ1) is 25.2. The summed E-state index contributed by atoms with van der Waals surface area (Å²) in [6, 6.07) is 0.557. The smallest absolute Gasteiger partial charge is 0.410 e. The van der Waals surface area contributed by atoms with Gasteiger partial charge in [0.2, 0.25) is 0 Å². The molecule has 1 amide bonds. The molecule has 0 spiro atoms. The Morgan fingerprint density at radius 3 is 2.43 bits per heavy atom. The second-order valence-electron chi connectivity index (χ2n) is 16.4. The van der Waals surface area contributed by atoms with Gasteiger partial charge in [-0.05, 0) is 64.5 Å². The molecular weight excluding hydrogens is 680 g/mol. The highest BCUT2D eigenvalue weighted by Crippen LogP contribution is 2.39. The number of piperazine rings is 1. The van der Waals surface area contributed by atoms with Crippen molar-refractivity contribution in [3.8, 4) is 0 Å². The Morgan fingerprint density at radius 2 is 1.81 bits per heavy atom. The van der Waals surface area contributed by atoms with Crippen molar-refractivity contribution in [2.24, 2.45) is 22.2 Å². The zero-order valence-electron chi connectivity index (χ0n) is 32.7. The van der Waals surface area contributed by atoms with Gasteiger partial charge in [0.1, 0.15) is 17.2 Å². The van der Waals surface area contributed by atoms with Gasteiger partial charge < -0.3 is 29.3 Å². The number of aliphatic hydroxyl groups is 2. The summed E-state index contributed by atoms with van der Waals surface area (Å²) in [5.74, 6) is -1.07. The van der Waals surface area contributed by atoms with Gasteiger partial charge in [-0.15, -0.1) is 4.91 Å². The van der Waals surface area contributed by atoms with E-state index in [0.29, 0.717) is 37.5 Å². The number of esters is 1. The first-order valence-corrected chi connectivity index (χ1v) is 19.9. The van der Waals surface area contributed by atoms with E-state index in [9.17, 15) is 29.6 Å². The highest BCUT2D eigenvalue weighted by Gasteiger charge is 2.48. The first kappa shape index (κ1) is 42.7. The number of cyclic esters (lactones) is 1. The molecule has 1 saturated carbocycles. The molecule has 53 heavy (non-hydrogen) atoms. The van der Waals surface area contributed by atoms with Crippen molar-refractivity contribution in [3.63, 3.8) is 0 Å². The minimum absolute atomic E-state index is 0.0504. The number of aliphatic hydroxyl groups excluding tert-OH is 2. The Morgan fingerprint density at radius 1 is 1.13 bits per heavy atom. The number of hydrogen-bond donors (Lipinski definition) is 2. The van der Waals surface area contributed by atoms with Gasteiger partial charge in [0.25, 0.3) is 0 Å². The summed E-state index contributed by atoms with van der Waals surface area (Å²) in [4.78, 5) is 55.1. The van der Waals surface area contributed by atoms with Gasteiger partial charge in [0.05, 0.1) is 30.8 Å². The third kappa shape index (κ3) is 12.0. The number of rotatable bonds is 12. The number of nitrogens with zero attached hydrogens (tertiary/aromatic N) is 4. The van der Waals surface area contributed by atoms with Crippen LogP contribution in [0.5, 0.6) is 0 Å². The van der Waals surface area contributed by atoms with Crippen LogP contribution >= 0.6 is 0 Å². The van der Waals surface area contributed by atoms with E-state index in [1.165, 1.54) is 38.5 Å². The zero-order valence-corrected chi connectivity index (χ0v) is 32.7. The summed E-state index contributed by atoms with van der Waals surface area (Å²) in [5, 5.41) is 27.8. The summed E-state index contributed by atoms with van der Waals surface area (Å²) in [6.45, 7) is 13.5. The fraction of sp³-hybridized carbons (Fsp3) is 0.800. The lowest BCUT2D eigenvalue weighted by Crippen LogP contribution is -2.53. The van der Waals surface area contributed by atoms with Crippen LogP contribution in [-0.4, -0.2) is 112 Å². The maximum Gasteiger partial charge on any atom is 0.410 e. The molecule has 0 aromatic carbocycles. The number of ether oxygens (including phenoxy) is 3. The quantitative estimate of drug-likeness (QED) is 0.0554. The highest BCUT2D eigenvalue weighted by molar-refractivity contribution is 5.70. The molecule has 2 N–H and O–H groups in total. The van der Waals surface area contributed by atoms with Gasteiger partial charge in [0.15, 0.2) is 6.10 Å². The normalized spacial score (nSPS) is 34.4. The summed E-state index contributed by atoms with van der Waals surface area (Å²) in [7, 11) is 0. The molecule has 4 aliphatic rings. The van der Waals surface area contributed by atoms with Crippen LogP contribution in [0.25, 0.3) is 0 Å². The minimum atomic E-state index is -1.38. The second kappa shape index (κ2) is 19.5. The number of nitroso groups, excluding NO2 is 2. The van der Waals surface area contributed by atoms with Crippen LogP contribution in [0.3, 0.4) is 0 Å². The van der Waals surface area contributed by atoms with E-state index >= 15 is 0 Å². The van der Waals surface area contributed by atoms with E-state index in [2.05, 4.69) is 15.3 Å². The lowest BCUT2D eigenvalue weighted by Gasteiger charge is -2.39. The van der Waals surface area contributed by atoms with Gasteiger partial charge in [0, 0.05) is 50.5 Å². The molecule has 10 unspecified atom stereocenters. The first-order valence-electron chi connectivity index (χ1n) is 19.9. The molecule has 13 nitrogen and oxygen atoms in total. The van der Waals surface area contributed by atoms with E-state index in [1.54, 1.807) is 56.1 Å². The maximum atomic E-state index is 13.6. The Hall–Kier alpha value is -3.00. The van der Waals surface area contributed by atoms with E-state index in [0.717, 1.165) is 13.1 Å². The van der Waals surface area contributed by atoms with Crippen LogP contribution in [0.15, 0.2) is 46.3 Å². The van der Waals surface area contributed by atoms with Crippen LogP contribution in [-0.2, 0) is 19.0 Å². The number of carbonyl (C=O) groups is 2. The van der Waals surface area contributed by atoms with Gasteiger partial charge in [-0.1, -0.05) is 81.1 Å². The topological polar surface area (TPSA) is 171 Å². The minimum Gasteiger partial charge on any atom is -0.457 e. The van der Waals surface area contributed by atoms with Gasteiger partial charge in [-0.3, -0.25) is 9.69 Å². The SMILES string of the molecule is CCC(O)C(C)C1OC1CC(C)(/C=C/C=C(\C)C1OC(=O)CC(O)CCC(C)(N=O)C(OC(=O)N2CCN(C3CCCCCC3)CC2)/C=C/C1C)N=O. The van der Waals surface area contributed by atoms with Gasteiger partial charge in [-0.25, -0.2) is 4.79 Å². The van der Waals surface area contributed by atoms with E-state index < -0.39 is 53.5 Å². The third-order valence-electron chi connectivity index (χ3n) is 11.9. The molecule has 0 aromatic rings. The molecule has 10 atom stereocenters. The van der Waals surface area contributed by atoms with Crippen molar-refractivity contribution in [1.82, 2.24) is 9.80 Å². The lowest BCUT2D eigenvalue weighted by atomic mass is 9.86. The van der Waals surface area contributed by atoms with Crippen LogP contribution in [0.1, 0.15) is 112 Å². The highest BCUT2D eigenvalue weighted by atomic mass is 16.6. The molecule has 13 heteroatoms. The lowest BCUT2D eigenvalue weighted by molar-refractivity contribution is -0.151. The van der Waals surface area contributed by atoms with Crippen LogP contribution in [0.2, 0.25) is 0 Å². The number of epoxide rings is 1. The maximum absolute atomic E-state index is 13.6. The van der Waals surface area contributed by atoms with Crippen molar-refractivity contribution in [2.75, 3.05) is 26.2 Å². The Labute approximate surface area is 315 Å². The zero-order chi connectivity index (χ0) is 38.8. The third-order valence-corrected chi connectivity index (χ3v) is 11.9. The van der Waals surface area contributed by atoms with Crippen LogP contribution in [0.4, 0.5) is 4.79 Å². The molecule has 0 aromatic heterocycles. The van der Waals surface area contributed by atoms with Crippen LogP contribution < -0.4 is 0 Å². The number of hydrogen-bond acceptors (Lipinski definition) is 12. The number of amides is 1. The number of allylic oxidation sites excluding steroid dienone is 2. The molecule has 298 valence electrons. The van der Waals surface area contributed by atoms with E-state index in [4.69, 9.17) is 14.2 Å². The summed E-state index contributed by atoms with van der Waals surface area (Å²) < 4.78 is 17.7. The van der Waals surface area contributed by atoms with Crippen molar-refractivity contribution in [2.45, 2.75) is 166 Å². The van der Waals surface area contributed by atoms with Gasteiger partial charge in [-0.2, -0.15) is 4.91 Å². The van der Waals surface area contributed by atoms with Crippen molar-refractivity contribution >= 4 is 12.1 Å². The second-order valence-corrected chi connectivity index (χ2v) is 16.4. The van der Waals surface area contributed by atoms with E-state index in [1.807, 2.05) is 20.8 Å². The van der Waals surface area contributed by atoms with Crippen LogP contribution in [0, 0.1) is 21.6 Å². The summed E-state index contributed by atoms with van der Waals surface area (Å²) >= 11 is 0. The molecule has 0 radical (unpaired) electrons. The predicted octanol–water partition coefficient (Wildman–Crippen LogP) is 6.60. The standard InChI is InChI=1S/C40H64N4O9/c1-7-32(46)29(4)37-33(51-37)26-39(5,41-49)19-12-13-27(2)36-28(3)16-17-34(40(6,42-50)20-18-31(45)25-35(47)53-36)52-38(48)44-23-21-43(22-24-44)30-14-10-8-9-11-15-30/h12-13,16-17,19,28-34,36-37,45-46H,7-11,14-15,18,20-26H2,1-6H3/b17-16+,19-12+,27-13+. The molecular formula is C40H64N4O9. The number of carbonyl (C=O) groups excluding carboxylic acids is 2. The molecule has 3 aliphatic heterocycles. The predicted molar refractivity (Wildman–Crippen MR) is 203 cm³/mol. The molecule has 4 rings (SSSR count). The Bertz CT molecular complexity index is 1320. The van der Waals surface area contributed by atoms with Crippen molar-refractivity contribution < 1.29 is 34.0 Å². The monoisotopic (exact) mass is 744 g/mol. The molecule has 3 fully saturated rings. The Kier molecular flexibility index (Phi) is 15.8. The largest absolute Gasteiger partial charge is 0.457 e. The molecule has 0 bridgehead atoms. The van der Waals surface area contributed by atoms with Gasteiger partial charge >= 0.3 is 12.1 Å².